The van der Waals surface area contributed by atoms with Crippen LogP contribution in [0.4, 0.5) is 19.1 Å². The molecule has 1 saturated carbocycles. The third kappa shape index (κ3) is 5.14. The van der Waals surface area contributed by atoms with Gasteiger partial charge in [-0.25, -0.2) is 9.67 Å². The fourth-order valence-corrected chi connectivity index (χ4v) is 4.15. The zero-order valence-corrected chi connectivity index (χ0v) is 18.3. The van der Waals surface area contributed by atoms with E-state index in [0.29, 0.717) is 23.1 Å². The maximum absolute atomic E-state index is 12.5. The Hall–Kier alpha value is -2.84. The van der Waals surface area contributed by atoms with E-state index in [1.54, 1.807) is 18.3 Å². The van der Waals surface area contributed by atoms with Crippen molar-refractivity contribution in [3.63, 3.8) is 0 Å². The Labute approximate surface area is 185 Å². The van der Waals surface area contributed by atoms with Gasteiger partial charge < -0.3 is 10.1 Å². The Kier molecular flexibility index (Phi) is 6.53. The van der Waals surface area contributed by atoms with E-state index in [2.05, 4.69) is 28.9 Å². The van der Waals surface area contributed by atoms with Crippen molar-refractivity contribution >= 4 is 17.0 Å². The number of nitrogens with one attached hydrogen (secondary N) is 1. The number of aromatic nitrogens is 4. The second-order valence-electron chi connectivity index (χ2n) is 8.49. The van der Waals surface area contributed by atoms with Crippen molar-refractivity contribution in [3.05, 3.63) is 30.5 Å². The molecule has 9 heteroatoms. The number of alkyl halides is 3. The molecule has 1 aromatic carbocycles. The number of hydrogen-bond acceptors (Lipinski definition) is 5. The molecule has 6 nitrogen and oxygen atoms in total. The van der Waals surface area contributed by atoms with Gasteiger partial charge in [-0.1, -0.05) is 20.3 Å². The number of anilines is 1. The average Bonchev–Trinajstić information content (AvgIpc) is 3.13. The Balaban J connectivity index is 1.70. The third-order valence-electron chi connectivity index (χ3n) is 5.95. The molecular weight excluding hydrogens is 419 g/mol. The van der Waals surface area contributed by atoms with Crippen LogP contribution in [0.25, 0.3) is 22.3 Å². The van der Waals surface area contributed by atoms with E-state index in [1.807, 2.05) is 4.68 Å². The van der Waals surface area contributed by atoms with Crippen molar-refractivity contribution in [1.82, 2.24) is 19.7 Å². The number of ether oxygens (including phenoxy) is 1. The summed E-state index contributed by atoms with van der Waals surface area (Å²) in [5, 5.41) is 8.93. The van der Waals surface area contributed by atoms with Gasteiger partial charge in [0, 0.05) is 18.3 Å². The minimum absolute atomic E-state index is 0.244. The van der Waals surface area contributed by atoms with Gasteiger partial charge >= 0.3 is 6.36 Å². The first-order valence-corrected chi connectivity index (χ1v) is 11.2. The van der Waals surface area contributed by atoms with Crippen molar-refractivity contribution in [2.45, 2.75) is 64.8 Å². The van der Waals surface area contributed by atoms with Gasteiger partial charge in [0.25, 0.3) is 0 Å². The lowest BCUT2D eigenvalue weighted by Crippen LogP contribution is -2.18. The summed E-state index contributed by atoms with van der Waals surface area (Å²) >= 11 is 0. The van der Waals surface area contributed by atoms with E-state index in [0.717, 1.165) is 56.1 Å². The van der Waals surface area contributed by atoms with Crippen molar-refractivity contribution in [2.75, 3.05) is 11.9 Å². The number of nitrogens with zero attached hydrogens (tertiary/aromatic N) is 4. The summed E-state index contributed by atoms with van der Waals surface area (Å²) in [6, 6.07) is 6.02. The smallest absolute Gasteiger partial charge is 0.406 e. The number of hydrogen-bond donors (Lipinski definition) is 1. The molecule has 0 radical (unpaired) electrons. The summed E-state index contributed by atoms with van der Waals surface area (Å²) in [5.41, 5.74) is 2.12. The molecule has 1 aliphatic rings. The maximum atomic E-state index is 12.5. The molecule has 0 amide bonds. The summed E-state index contributed by atoms with van der Waals surface area (Å²) in [7, 11) is 0. The fraction of sp³-hybridized carbons (Fsp3) is 0.522. The minimum atomic E-state index is -4.72. The Morgan fingerprint density at radius 2 is 1.84 bits per heavy atom. The van der Waals surface area contributed by atoms with E-state index >= 15 is 0 Å². The van der Waals surface area contributed by atoms with Crippen LogP contribution in [0.5, 0.6) is 5.75 Å². The van der Waals surface area contributed by atoms with Crippen LogP contribution in [-0.2, 0) is 0 Å². The van der Waals surface area contributed by atoms with E-state index in [4.69, 9.17) is 10.1 Å². The molecule has 1 N–H and O–H groups in total. The first kappa shape index (κ1) is 22.4. The molecule has 2 heterocycles. The first-order valence-electron chi connectivity index (χ1n) is 11.2. The van der Waals surface area contributed by atoms with Crippen LogP contribution >= 0.6 is 0 Å². The molecule has 0 atom stereocenters. The largest absolute Gasteiger partial charge is 0.573 e. The quantitative estimate of drug-likeness (QED) is 0.427. The molecule has 1 fully saturated rings. The zero-order chi connectivity index (χ0) is 22.7. The molecule has 2 aromatic heterocycles. The minimum Gasteiger partial charge on any atom is -0.406 e. The predicted octanol–water partition coefficient (Wildman–Crippen LogP) is 6.36. The molecule has 0 unspecified atom stereocenters. The molecule has 0 bridgehead atoms. The summed E-state index contributed by atoms with van der Waals surface area (Å²) < 4.78 is 43.5. The second kappa shape index (κ2) is 9.34. The van der Waals surface area contributed by atoms with Crippen LogP contribution < -0.4 is 10.1 Å². The Morgan fingerprint density at radius 1 is 1.12 bits per heavy atom. The highest BCUT2D eigenvalue weighted by molar-refractivity contribution is 5.91. The van der Waals surface area contributed by atoms with Gasteiger partial charge in [0.1, 0.15) is 11.4 Å². The van der Waals surface area contributed by atoms with Gasteiger partial charge in [-0.2, -0.15) is 10.1 Å². The lowest BCUT2D eigenvalue weighted by atomic mass is 9.87. The summed E-state index contributed by atoms with van der Waals surface area (Å²) in [4.78, 5) is 9.21. The standard InChI is InChI=1S/C23H28F3N5O/c1-3-4-13-27-22-28-14-19-20(16-7-11-18(12-8-16)32-23(24,25)26)30-31(21(19)29-22)17-9-5-15(2)6-10-17/h7-8,11-12,14-15,17H,3-6,9-10,13H2,1-2H3,(H,27,28,29). The number of fused-ring (bicyclic) bond motifs is 1. The normalized spacial score (nSPS) is 19.3. The van der Waals surface area contributed by atoms with E-state index in [9.17, 15) is 13.2 Å². The summed E-state index contributed by atoms with van der Waals surface area (Å²) in [6.07, 6.45) is 3.46. The van der Waals surface area contributed by atoms with Gasteiger partial charge in [0.2, 0.25) is 5.95 Å². The van der Waals surface area contributed by atoms with Gasteiger partial charge in [-0.3, -0.25) is 0 Å². The SMILES string of the molecule is CCCCNc1ncc2c(-c3ccc(OC(F)(F)F)cc3)nn(C3CCC(C)CC3)c2n1. The predicted molar refractivity (Wildman–Crippen MR) is 118 cm³/mol. The van der Waals surface area contributed by atoms with Crippen molar-refractivity contribution in [2.24, 2.45) is 5.92 Å². The maximum Gasteiger partial charge on any atom is 0.573 e. The van der Waals surface area contributed by atoms with Gasteiger partial charge in [0.15, 0.2) is 5.65 Å². The molecule has 0 saturated heterocycles. The number of benzene rings is 1. The van der Waals surface area contributed by atoms with Crippen LogP contribution in [0.3, 0.4) is 0 Å². The van der Waals surface area contributed by atoms with E-state index in [-0.39, 0.29) is 11.8 Å². The van der Waals surface area contributed by atoms with Gasteiger partial charge in [-0.15, -0.1) is 13.2 Å². The fourth-order valence-electron chi connectivity index (χ4n) is 4.15. The number of rotatable bonds is 7. The molecule has 3 aromatic rings. The summed E-state index contributed by atoms with van der Waals surface area (Å²) in [5.74, 6) is 1.01. The van der Waals surface area contributed by atoms with Gasteiger partial charge in [-0.05, 0) is 62.3 Å². The van der Waals surface area contributed by atoms with Crippen molar-refractivity contribution in [3.8, 4) is 17.0 Å². The number of unbranched alkanes of at least 4 members (excludes halogenated alkanes) is 1. The lowest BCUT2D eigenvalue weighted by Gasteiger charge is -2.26. The highest BCUT2D eigenvalue weighted by Crippen LogP contribution is 2.36. The van der Waals surface area contributed by atoms with Crippen molar-refractivity contribution < 1.29 is 17.9 Å². The highest BCUT2D eigenvalue weighted by Gasteiger charge is 2.31. The van der Waals surface area contributed by atoms with E-state index < -0.39 is 6.36 Å². The second-order valence-corrected chi connectivity index (χ2v) is 8.49. The summed E-state index contributed by atoms with van der Waals surface area (Å²) in [6.45, 7) is 5.19. The van der Waals surface area contributed by atoms with Crippen LogP contribution in [-0.4, -0.2) is 32.7 Å². The number of halogens is 3. The lowest BCUT2D eigenvalue weighted by molar-refractivity contribution is -0.274. The molecule has 0 aliphatic heterocycles. The average molecular weight is 448 g/mol. The first-order chi connectivity index (χ1) is 15.3. The topological polar surface area (TPSA) is 64.9 Å². The monoisotopic (exact) mass is 447 g/mol. The molecule has 0 spiro atoms. The molecule has 4 rings (SSSR count). The zero-order valence-electron chi connectivity index (χ0n) is 18.3. The van der Waals surface area contributed by atoms with Crippen LogP contribution in [0.15, 0.2) is 30.5 Å². The van der Waals surface area contributed by atoms with Crippen LogP contribution in [0.2, 0.25) is 0 Å². The third-order valence-corrected chi connectivity index (χ3v) is 5.95. The van der Waals surface area contributed by atoms with Crippen LogP contribution in [0, 0.1) is 5.92 Å². The molecule has 32 heavy (non-hydrogen) atoms. The van der Waals surface area contributed by atoms with Crippen LogP contribution in [0.1, 0.15) is 58.4 Å². The van der Waals surface area contributed by atoms with Gasteiger partial charge in [0.05, 0.1) is 11.4 Å². The molecule has 172 valence electrons. The Morgan fingerprint density at radius 3 is 2.50 bits per heavy atom. The highest BCUT2D eigenvalue weighted by atomic mass is 19.4. The molecular formula is C23H28F3N5O. The van der Waals surface area contributed by atoms with Crippen molar-refractivity contribution in [1.29, 1.82) is 0 Å². The van der Waals surface area contributed by atoms with E-state index in [1.165, 1.54) is 12.1 Å². The Bertz CT molecular complexity index is 1040. The molecule has 1 aliphatic carbocycles.